The lowest BCUT2D eigenvalue weighted by Crippen LogP contribution is -2.30. The summed E-state index contributed by atoms with van der Waals surface area (Å²) in [7, 11) is 0. The molecule has 0 radical (unpaired) electrons. The number of rotatable bonds is 3. The van der Waals surface area contributed by atoms with Gasteiger partial charge in [0.15, 0.2) is 0 Å². The van der Waals surface area contributed by atoms with Gasteiger partial charge in [-0.05, 0) is 44.2 Å². The maximum atomic E-state index is 5.86. The highest BCUT2D eigenvalue weighted by Crippen LogP contribution is 2.34. The Morgan fingerprint density at radius 2 is 2.20 bits per heavy atom. The first-order valence-electron chi connectivity index (χ1n) is 7.51. The monoisotopic (exact) mass is 339 g/mol. The van der Waals surface area contributed by atoms with Crippen LogP contribution in [0.5, 0.6) is 5.75 Å². The second-order valence-corrected chi connectivity index (χ2v) is 6.67. The summed E-state index contributed by atoms with van der Waals surface area (Å²) < 4.78 is 12.6. The van der Waals surface area contributed by atoms with Gasteiger partial charge in [0.05, 0.1) is 12.7 Å². The van der Waals surface area contributed by atoms with E-state index in [0.29, 0.717) is 18.1 Å². The van der Waals surface area contributed by atoms with Gasteiger partial charge in [0.25, 0.3) is 0 Å². The fourth-order valence-corrected chi connectivity index (χ4v) is 3.44. The van der Waals surface area contributed by atoms with Gasteiger partial charge in [-0.3, -0.25) is 0 Å². The topological polar surface area (TPSA) is 30.5 Å². The Kier molecular flexibility index (Phi) is 4.64. The van der Waals surface area contributed by atoms with Crippen molar-refractivity contribution in [1.29, 1.82) is 0 Å². The molecule has 20 heavy (non-hydrogen) atoms. The zero-order chi connectivity index (χ0) is 13.9. The maximum absolute atomic E-state index is 5.86. The van der Waals surface area contributed by atoms with Crippen molar-refractivity contribution in [2.24, 2.45) is 5.92 Å². The molecule has 1 aromatic rings. The largest absolute Gasteiger partial charge is 0.493 e. The van der Waals surface area contributed by atoms with Crippen molar-refractivity contribution >= 4 is 15.9 Å². The third kappa shape index (κ3) is 3.18. The fourth-order valence-electron chi connectivity index (χ4n) is 3.10. The Labute approximate surface area is 129 Å². The molecule has 3 atom stereocenters. The number of fused-ring (bicyclic) bond motifs is 1. The average molecular weight is 340 g/mol. The summed E-state index contributed by atoms with van der Waals surface area (Å²) in [6, 6.07) is 6.75. The van der Waals surface area contributed by atoms with Crippen LogP contribution in [0.1, 0.15) is 37.8 Å². The third-order valence-corrected chi connectivity index (χ3v) is 4.90. The second kappa shape index (κ2) is 6.46. The molecular formula is C16H22BrNO2. The van der Waals surface area contributed by atoms with Gasteiger partial charge in [0.2, 0.25) is 0 Å². The highest BCUT2D eigenvalue weighted by atomic mass is 79.9. The smallest absolute Gasteiger partial charge is 0.125 e. The summed E-state index contributed by atoms with van der Waals surface area (Å²) in [6.07, 6.45) is 3.79. The van der Waals surface area contributed by atoms with E-state index in [4.69, 9.17) is 9.47 Å². The van der Waals surface area contributed by atoms with Crippen molar-refractivity contribution in [2.45, 2.75) is 38.3 Å². The van der Waals surface area contributed by atoms with Crippen LogP contribution < -0.4 is 10.1 Å². The average Bonchev–Trinajstić information content (AvgIpc) is 2.73. The van der Waals surface area contributed by atoms with Crippen LogP contribution in [0.4, 0.5) is 0 Å². The summed E-state index contributed by atoms with van der Waals surface area (Å²) >= 11 is 3.52. The van der Waals surface area contributed by atoms with Crippen LogP contribution in [0.25, 0.3) is 0 Å². The molecule has 0 spiro atoms. The highest BCUT2D eigenvalue weighted by Gasteiger charge is 2.26. The highest BCUT2D eigenvalue weighted by molar-refractivity contribution is 9.10. The van der Waals surface area contributed by atoms with Crippen LogP contribution in [-0.4, -0.2) is 25.9 Å². The Morgan fingerprint density at radius 1 is 1.30 bits per heavy atom. The Bertz CT molecular complexity index is 466. The number of benzene rings is 1. The van der Waals surface area contributed by atoms with Gasteiger partial charge < -0.3 is 14.8 Å². The molecule has 110 valence electrons. The van der Waals surface area contributed by atoms with E-state index in [9.17, 15) is 0 Å². The van der Waals surface area contributed by atoms with Crippen molar-refractivity contribution < 1.29 is 9.47 Å². The van der Waals surface area contributed by atoms with E-state index in [1.165, 1.54) is 12.0 Å². The molecule has 1 aromatic carbocycles. The molecule has 0 amide bonds. The molecular weight excluding hydrogens is 318 g/mol. The molecule has 0 aliphatic carbocycles. The van der Waals surface area contributed by atoms with Crippen molar-refractivity contribution in [1.82, 2.24) is 5.32 Å². The van der Waals surface area contributed by atoms with Crippen molar-refractivity contribution in [3.8, 4) is 5.75 Å². The lowest BCUT2D eigenvalue weighted by molar-refractivity contribution is 0.105. The summed E-state index contributed by atoms with van der Waals surface area (Å²) in [6.45, 7) is 4.93. The molecule has 0 aromatic heterocycles. The quantitative estimate of drug-likeness (QED) is 0.911. The number of ether oxygens (including phenoxy) is 2. The minimum absolute atomic E-state index is 0.383. The van der Waals surface area contributed by atoms with E-state index >= 15 is 0 Å². The van der Waals surface area contributed by atoms with Crippen LogP contribution in [-0.2, 0) is 4.74 Å². The van der Waals surface area contributed by atoms with Crippen LogP contribution in [0.2, 0.25) is 0 Å². The zero-order valence-electron chi connectivity index (χ0n) is 11.9. The van der Waals surface area contributed by atoms with Gasteiger partial charge >= 0.3 is 0 Å². The number of nitrogens with one attached hydrogen (secondary N) is 1. The molecule has 3 nitrogen and oxygen atoms in total. The number of hydrogen-bond donors (Lipinski definition) is 1. The molecule has 2 aliphatic rings. The summed E-state index contributed by atoms with van der Waals surface area (Å²) in [5.74, 6) is 1.66. The van der Waals surface area contributed by atoms with E-state index in [1.807, 2.05) is 0 Å². The SMILES string of the molecule is CC1OCCC1CNC1CCCOc2cc(Br)ccc21. The summed E-state index contributed by atoms with van der Waals surface area (Å²) in [4.78, 5) is 0. The first-order chi connectivity index (χ1) is 9.74. The summed E-state index contributed by atoms with van der Waals surface area (Å²) in [5, 5.41) is 3.73. The van der Waals surface area contributed by atoms with Gasteiger partial charge in [0, 0.05) is 29.2 Å². The van der Waals surface area contributed by atoms with Crippen LogP contribution >= 0.6 is 15.9 Å². The molecule has 2 heterocycles. The predicted octanol–water partition coefficient (Wildman–Crippen LogP) is 3.68. The Balaban J connectivity index is 1.70. The van der Waals surface area contributed by atoms with Gasteiger partial charge in [-0.1, -0.05) is 22.0 Å². The molecule has 3 rings (SSSR count). The van der Waals surface area contributed by atoms with Gasteiger partial charge in [0.1, 0.15) is 5.75 Å². The normalized spacial score (nSPS) is 29.6. The molecule has 4 heteroatoms. The number of hydrogen-bond acceptors (Lipinski definition) is 3. The Morgan fingerprint density at radius 3 is 3.00 bits per heavy atom. The van der Waals surface area contributed by atoms with Gasteiger partial charge in [-0.2, -0.15) is 0 Å². The van der Waals surface area contributed by atoms with Gasteiger partial charge in [-0.25, -0.2) is 0 Å². The molecule has 1 N–H and O–H groups in total. The lowest BCUT2D eigenvalue weighted by Gasteiger charge is -2.22. The van der Waals surface area contributed by atoms with E-state index in [1.54, 1.807) is 0 Å². The molecule has 0 saturated carbocycles. The van der Waals surface area contributed by atoms with Crippen molar-refractivity contribution in [3.63, 3.8) is 0 Å². The maximum Gasteiger partial charge on any atom is 0.125 e. The minimum Gasteiger partial charge on any atom is -0.493 e. The van der Waals surface area contributed by atoms with E-state index in [-0.39, 0.29) is 0 Å². The molecule has 1 saturated heterocycles. The molecule has 1 fully saturated rings. The van der Waals surface area contributed by atoms with E-state index < -0.39 is 0 Å². The second-order valence-electron chi connectivity index (χ2n) is 5.76. The first kappa shape index (κ1) is 14.4. The minimum atomic E-state index is 0.383. The number of halogens is 1. The van der Waals surface area contributed by atoms with Crippen molar-refractivity contribution in [2.75, 3.05) is 19.8 Å². The van der Waals surface area contributed by atoms with Gasteiger partial charge in [-0.15, -0.1) is 0 Å². The Hall–Kier alpha value is -0.580. The molecule has 3 unspecified atom stereocenters. The molecule has 0 bridgehead atoms. The zero-order valence-corrected chi connectivity index (χ0v) is 13.5. The van der Waals surface area contributed by atoms with E-state index in [0.717, 1.165) is 42.8 Å². The predicted molar refractivity (Wildman–Crippen MR) is 83.1 cm³/mol. The van der Waals surface area contributed by atoms with Crippen LogP contribution in [0.3, 0.4) is 0 Å². The van der Waals surface area contributed by atoms with Crippen LogP contribution in [0, 0.1) is 5.92 Å². The third-order valence-electron chi connectivity index (χ3n) is 4.41. The van der Waals surface area contributed by atoms with E-state index in [2.05, 4.69) is 46.4 Å². The fraction of sp³-hybridized carbons (Fsp3) is 0.625. The summed E-state index contributed by atoms with van der Waals surface area (Å²) in [5.41, 5.74) is 1.29. The van der Waals surface area contributed by atoms with Crippen LogP contribution in [0.15, 0.2) is 22.7 Å². The van der Waals surface area contributed by atoms with Crippen molar-refractivity contribution in [3.05, 3.63) is 28.2 Å². The molecule has 2 aliphatic heterocycles. The first-order valence-corrected chi connectivity index (χ1v) is 8.30. The lowest BCUT2D eigenvalue weighted by atomic mass is 9.99. The standard InChI is InChI=1S/C16H22BrNO2/c1-11-12(6-8-19-11)10-18-15-3-2-7-20-16-9-13(17)4-5-14(15)16/h4-5,9,11-12,15,18H,2-3,6-8,10H2,1H3.